The number of ether oxygens (including phenoxy) is 1. The third-order valence-corrected chi connectivity index (χ3v) is 2.96. The molecule has 0 saturated heterocycles. The third-order valence-electron chi connectivity index (χ3n) is 2.59. The molecule has 1 heterocycles. The summed E-state index contributed by atoms with van der Waals surface area (Å²) in [6.45, 7) is 2.00. The van der Waals surface area contributed by atoms with E-state index in [1.54, 1.807) is 12.1 Å². The molecule has 0 unspecified atom stereocenters. The van der Waals surface area contributed by atoms with E-state index in [4.69, 9.17) is 21.4 Å². The number of carboxylic acid groups (broad SMARTS) is 1. The molecule has 2 rings (SSSR count). The third kappa shape index (κ3) is 3.23. The summed E-state index contributed by atoms with van der Waals surface area (Å²) in [6, 6.07) is 6.74. The lowest BCUT2D eigenvalue weighted by molar-refractivity contribution is 0.0696. The Kier molecular flexibility index (Phi) is 4.02. The summed E-state index contributed by atoms with van der Waals surface area (Å²) in [4.78, 5) is 14.7. The van der Waals surface area contributed by atoms with Gasteiger partial charge in [0.05, 0.1) is 11.8 Å². The maximum atomic E-state index is 10.8. The van der Waals surface area contributed by atoms with Gasteiger partial charge in [0.1, 0.15) is 11.5 Å². The standard InChI is InChI=1S/C14H12ClNO3/c1-2-9-5-11(3-4-13(9)15)19-12-6-10(14(17)18)7-16-8-12/h3-8H,2H2,1H3,(H,17,18). The Bertz CT molecular complexity index is 613. The quantitative estimate of drug-likeness (QED) is 0.924. The zero-order valence-corrected chi connectivity index (χ0v) is 11.0. The Morgan fingerprint density at radius 2 is 2.11 bits per heavy atom. The van der Waals surface area contributed by atoms with Crippen LogP contribution in [0.5, 0.6) is 11.5 Å². The van der Waals surface area contributed by atoms with Crippen LogP contribution in [-0.2, 0) is 6.42 Å². The van der Waals surface area contributed by atoms with Gasteiger partial charge in [-0.2, -0.15) is 0 Å². The lowest BCUT2D eigenvalue weighted by atomic mass is 10.1. The minimum Gasteiger partial charge on any atom is -0.478 e. The van der Waals surface area contributed by atoms with Crippen LogP contribution in [0.2, 0.25) is 5.02 Å². The molecule has 1 aromatic carbocycles. The molecule has 0 fully saturated rings. The maximum Gasteiger partial charge on any atom is 0.337 e. The highest BCUT2D eigenvalue weighted by molar-refractivity contribution is 6.31. The smallest absolute Gasteiger partial charge is 0.337 e. The summed E-state index contributed by atoms with van der Waals surface area (Å²) < 4.78 is 5.58. The van der Waals surface area contributed by atoms with Gasteiger partial charge in [-0.3, -0.25) is 4.98 Å². The van der Waals surface area contributed by atoms with Gasteiger partial charge < -0.3 is 9.84 Å². The number of rotatable bonds is 4. The van der Waals surface area contributed by atoms with Gasteiger partial charge >= 0.3 is 5.97 Å². The summed E-state index contributed by atoms with van der Waals surface area (Å²) >= 11 is 6.02. The fraction of sp³-hybridized carbons (Fsp3) is 0.143. The number of nitrogens with zero attached hydrogens (tertiary/aromatic N) is 1. The van der Waals surface area contributed by atoms with E-state index in [0.29, 0.717) is 16.5 Å². The van der Waals surface area contributed by atoms with Gasteiger partial charge in [-0.05, 0) is 36.2 Å². The van der Waals surface area contributed by atoms with Gasteiger partial charge in [0.2, 0.25) is 0 Å². The van der Waals surface area contributed by atoms with Crippen LogP contribution in [0, 0.1) is 0 Å². The zero-order valence-electron chi connectivity index (χ0n) is 10.3. The van der Waals surface area contributed by atoms with Gasteiger partial charge in [0, 0.05) is 11.2 Å². The van der Waals surface area contributed by atoms with E-state index in [1.807, 2.05) is 13.0 Å². The lowest BCUT2D eigenvalue weighted by Gasteiger charge is -2.08. The fourth-order valence-electron chi connectivity index (χ4n) is 1.61. The first-order valence-corrected chi connectivity index (χ1v) is 6.12. The SMILES string of the molecule is CCc1cc(Oc2cncc(C(=O)O)c2)ccc1Cl. The summed E-state index contributed by atoms with van der Waals surface area (Å²) in [5.74, 6) is -0.0573. The Balaban J connectivity index is 2.26. The van der Waals surface area contributed by atoms with E-state index in [1.165, 1.54) is 18.5 Å². The molecule has 0 aliphatic heterocycles. The first kappa shape index (κ1) is 13.4. The Hall–Kier alpha value is -2.07. The normalized spacial score (nSPS) is 10.2. The highest BCUT2D eigenvalue weighted by Crippen LogP contribution is 2.26. The second kappa shape index (κ2) is 5.71. The van der Waals surface area contributed by atoms with Crippen LogP contribution in [-0.4, -0.2) is 16.1 Å². The molecule has 0 atom stereocenters. The second-order valence-corrected chi connectivity index (χ2v) is 4.33. The molecule has 98 valence electrons. The molecule has 2 aromatic rings. The summed E-state index contributed by atoms with van der Waals surface area (Å²) in [6.07, 6.45) is 3.53. The molecule has 0 aliphatic rings. The van der Waals surface area contributed by atoms with Crippen LogP contribution in [0.4, 0.5) is 0 Å². The Morgan fingerprint density at radius 3 is 2.79 bits per heavy atom. The molecule has 1 N–H and O–H groups in total. The molecule has 0 amide bonds. The molecule has 0 saturated carbocycles. The highest BCUT2D eigenvalue weighted by atomic mass is 35.5. The van der Waals surface area contributed by atoms with E-state index in [0.717, 1.165) is 12.0 Å². The molecule has 5 heteroatoms. The molecular weight excluding hydrogens is 266 g/mol. The van der Waals surface area contributed by atoms with Crippen LogP contribution < -0.4 is 4.74 Å². The lowest BCUT2D eigenvalue weighted by Crippen LogP contribution is -1.97. The van der Waals surface area contributed by atoms with Gasteiger partial charge in [-0.25, -0.2) is 4.79 Å². The first-order valence-electron chi connectivity index (χ1n) is 5.74. The minimum atomic E-state index is -1.04. The van der Waals surface area contributed by atoms with Crippen molar-refractivity contribution < 1.29 is 14.6 Å². The molecule has 0 spiro atoms. The molecule has 19 heavy (non-hydrogen) atoms. The number of hydrogen-bond donors (Lipinski definition) is 1. The average molecular weight is 278 g/mol. The maximum absolute atomic E-state index is 10.8. The van der Waals surface area contributed by atoms with Crippen LogP contribution >= 0.6 is 11.6 Å². The molecule has 0 aliphatic carbocycles. The van der Waals surface area contributed by atoms with E-state index in [-0.39, 0.29) is 5.56 Å². The number of hydrogen-bond acceptors (Lipinski definition) is 3. The zero-order chi connectivity index (χ0) is 13.8. The van der Waals surface area contributed by atoms with Crippen molar-refractivity contribution in [2.24, 2.45) is 0 Å². The average Bonchev–Trinajstić information content (AvgIpc) is 2.41. The second-order valence-electron chi connectivity index (χ2n) is 3.92. The summed E-state index contributed by atoms with van der Waals surface area (Å²) in [5, 5.41) is 9.57. The van der Waals surface area contributed by atoms with Crippen LogP contribution in [0.15, 0.2) is 36.7 Å². The van der Waals surface area contributed by atoms with Crippen molar-refractivity contribution in [3.63, 3.8) is 0 Å². The topological polar surface area (TPSA) is 59.4 Å². The van der Waals surface area contributed by atoms with Crippen molar-refractivity contribution >= 4 is 17.6 Å². The summed E-state index contributed by atoms with van der Waals surface area (Å²) in [5.41, 5.74) is 1.06. The number of aromatic carboxylic acids is 1. The highest BCUT2D eigenvalue weighted by Gasteiger charge is 2.07. The Morgan fingerprint density at radius 1 is 1.32 bits per heavy atom. The number of halogens is 1. The Labute approximate surface area is 115 Å². The predicted octanol–water partition coefficient (Wildman–Crippen LogP) is 3.79. The minimum absolute atomic E-state index is 0.0854. The number of aryl methyl sites for hydroxylation is 1. The van der Waals surface area contributed by atoms with E-state index in [2.05, 4.69) is 4.98 Å². The number of carbonyl (C=O) groups is 1. The van der Waals surface area contributed by atoms with Crippen LogP contribution in [0.1, 0.15) is 22.8 Å². The molecule has 0 radical (unpaired) electrons. The number of carboxylic acids is 1. The van der Waals surface area contributed by atoms with Crippen molar-refractivity contribution in [2.75, 3.05) is 0 Å². The van der Waals surface area contributed by atoms with Gasteiger partial charge in [0.15, 0.2) is 0 Å². The molecule has 1 aromatic heterocycles. The van der Waals surface area contributed by atoms with Crippen molar-refractivity contribution in [3.05, 3.63) is 52.8 Å². The monoisotopic (exact) mass is 277 g/mol. The van der Waals surface area contributed by atoms with Gasteiger partial charge in [-0.15, -0.1) is 0 Å². The summed E-state index contributed by atoms with van der Waals surface area (Å²) in [7, 11) is 0. The van der Waals surface area contributed by atoms with Crippen molar-refractivity contribution in [3.8, 4) is 11.5 Å². The number of benzene rings is 1. The predicted molar refractivity (Wildman–Crippen MR) is 72.1 cm³/mol. The van der Waals surface area contributed by atoms with Crippen molar-refractivity contribution in [1.82, 2.24) is 4.98 Å². The van der Waals surface area contributed by atoms with Crippen molar-refractivity contribution in [1.29, 1.82) is 0 Å². The van der Waals surface area contributed by atoms with E-state index < -0.39 is 5.97 Å². The largest absolute Gasteiger partial charge is 0.478 e. The molecular formula is C14H12ClNO3. The van der Waals surface area contributed by atoms with Gasteiger partial charge in [0.25, 0.3) is 0 Å². The fourth-order valence-corrected chi connectivity index (χ4v) is 1.86. The molecule has 4 nitrogen and oxygen atoms in total. The van der Waals surface area contributed by atoms with E-state index in [9.17, 15) is 4.79 Å². The number of aromatic nitrogens is 1. The van der Waals surface area contributed by atoms with Crippen LogP contribution in [0.25, 0.3) is 0 Å². The molecule has 0 bridgehead atoms. The van der Waals surface area contributed by atoms with Crippen LogP contribution in [0.3, 0.4) is 0 Å². The van der Waals surface area contributed by atoms with E-state index >= 15 is 0 Å². The van der Waals surface area contributed by atoms with Gasteiger partial charge in [-0.1, -0.05) is 18.5 Å². The number of pyridine rings is 1. The first-order chi connectivity index (χ1) is 9.10. The van der Waals surface area contributed by atoms with Crippen molar-refractivity contribution in [2.45, 2.75) is 13.3 Å².